The molecule has 0 spiro atoms. The molecule has 2 heterocycles. The van der Waals surface area contributed by atoms with E-state index in [2.05, 4.69) is 21.1 Å². The minimum Gasteiger partial charge on any atom is -0.381 e. The first-order valence-corrected chi connectivity index (χ1v) is 5.06. The summed E-state index contributed by atoms with van der Waals surface area (Å²) in [5.74, 6) is 1.69. The van der Waals surface area contributed by atoms with Gasteiger partial charge in [-0.3, -0.25) is 0 Å². The van der Waals surface area contributed by atoms with Crippen LogP contribution in [0.1, 0.15) is 24.5 Å². The molecule has 0 amide bonds. The highest BCUT2D eigenvalue weighted by molar-refractivity contribution is 9.10. The van der Waals surface area contributed by atoms with Gasteiger partial charge in [-0.05, 0) is 28.8 Å². The molecule has 1 aliphatic heterocycles. The number of hydrogen-bond donors (Lipinski definition) is 1. The van der Waals surface area contributed by atoms with Crippen LogP contribution in [0.3, 0.4) is 0 Å². The van der Waals surface area contributed by atoms with Gasteiger partial charge in [-0.2, -0.15) is 0 Å². The molecule has 0 aromatic carbocycles. The minimum absolute atomic E-state index is 0.396. The maximum absolute atomic E-state index is 5.56. The van der Waals surface area contributed by atoms with E-state index in [1.807, 2.05) is 0 Å². The van der Waals surface area contributed by atoms with Gasteiger partial charge < -0.3 is 15.0 Å². The van der Waals surface area contributed by atoms with Crippen molar-refractivity contribution in [2.75, 3.05) is 18.9 Å². The van der Waals surface area contributed by atoms with Gasteiger partial charge in [0.2, 0.25) is 0 Å². The first kappa shape index (κ1) is 9.02. The first-order chi connectivity index (χ1) is 6.29. The van der Waals surface area contributed by atoms with E-state index in [0.717, 1.165) is 36.3 Å². The van der Waals surface area contributed by atoms with Crippen LogP contribution in [0.2, 0.25) is 0 Å². The van der Waals surface area contributed by atoms with Gasteiger partial charge in [-0.1, -0.05) is 5.16 Å². The van der Waals surface area contributed by atoms with E-state index < -0.39 is 0 Å². The summed E-state index contributed by atoms with van der Waals surface area (Å²) in [5, 5.41) is 3.71. The number of halogens is 1. The molecule has 0 aliphatic carbocycles. The summed E-state index contributed by atoms with van der Waals surface area (Å²) in [5.41, 5.74) is 5.56. The molecule has 1 aromatic heterocycles. The average Bonchev–Trinajstić information content (AvgIpc) is 2.49. The Hall–Kier alpha value is -0.550. The smallest absolute Gasteiger partial charge is 0.181 e. The molecule has 72 valence electrons. The van der Waals surface area contributed by atoms with Gasteiger partial charge in [-0.25, -0.2) is 0 Å². The summed E-state index contributed by atoms with van der Waals surface area (Å²) in [6, 6.07) is 0. The zero-order chi connectivity index (χ0) is 9.26. The summed E-state index contributed by atoms with van der Waals surface area (Å²) in [4.78, 5) is 0. The summed E-state index contributed by atoms with van der Waals surface area (Å²) in [6.45, 7) is 1.58. The highest BCUT2D eigenvalue weighted by atomic mass is 79.9. The summed E-state index contributed by atoms with van der Waals surface area (Å²) < 4.78 is 11.2. The van der Waals surface area contributed by atoms with Gasteiger partial charge in [0.05, 0.1) is 0 Å². The van der Waals surface area contributed by atoms with Crippen molar-refractivity contribution in [2.24, 2.45) is 0 Å². The molecular formula is C8H11BrN2O2. The molecule has 1 aromatic rings. The fraction of sp³-hybridized carbons (Fsp3) is 0.625. The topological polar surface area (TPSA) is 61.3 Å². The average molecular weight is 247 g/mol. The number of aromatic nitrogens is 1. The van der Waals surface area contributed by atoms with E-state index in [0.29, 0.717) is 11.7 Å². The van der Waals surface area contributed by atoms with Gasteiger partial charge in [0.1, 0.15) is 4.47 Å². The van der Waals surface area contributed by atoms with Crippen molar-refractivity contribution < 1.29 is 9.26 Å². The summed E-state index contributed by atoms with van der Waals surface area (Å²) in [6.07, 6.45) is 1.96. The molecule has 13 heavy (non-hydrogen) atoms. The third-order valence-electron chi connectivity index (χ3n) is 2.28. The van der Waals surface area contributed by atoms with Crippen molar-refractivity contribution in [1.82, 2.24) is 5.16 Å². The lowest BCUT2D eigenvalue weighted by molar-refractivity contribution is 0.0789. The van der Waals surface area contributed by atoms with Crippen LogP contribution < -0.4 is 5.73 Å². The third kappa shape index (κ3) is 1.71. The van der Waals surface area contributed by atoms with E-state index in [-0.39, 0.29) is 0 Å². The van der Waals surface area contributed by atoms with Crippen molar-refractivity contribution in [2.45, 2.75) is 18.8 Å². The maximum atomic E-state index is 5.56. The number of nitrogens with two attached hydrogens (primary N) is 1. The largest absolute Gasteiger partial charge is 0.381 e. The van der Waals surface area contributed by atoms with Crippen LogP contribution in [0.4, 0.5) is 5.82 Å². The second-order valence-corrected chi connectivity index (χ2v) is 3.93. The van der Waals surface area contributed by atoms with Gasteiger partial charge in [0.15, 0.2) is 11.6 Å². The van der Waals surface area contributed by atoms with Gasteiger partial charge in [0.25, 0.3) is 0 Å². The zero-order valence-corrected chi connectivity index (χ0v) is 8.71. The lowest BCUT2D eigenvalue weighted by Crippen LogP contribution is -2.13. The Kier molecular flexibility index (Phi) is 2.55. The standard InChI is InChI=1S/C8H11BrN2O2/c9-6-7(13-11-8(6)10)5-1-3-12-4-2-5/h5H,1-4H2,(H2,10,11). The molecule has 2 N–H and O–H groups in total. The van der Waals surface area contributed by atoms with E-state index in [9.17, 15) is 0 Å². The van der Waals surface area contributed by atoms with Gasteiger partial charge in [0, 0.05) is 19.1 Å². The fourth-order valence-electron chi connectivity index (χ4n) is 1.52. The van der Waals surface area contributed by atoms with E-state index in [1.54, 1.807) is 0 Å². The van der Waals surface area contributed by atoms with Crippen molar-refractivity contribution in [3.8, 4) is 0 Å². The number of anilines is 1. The van der Waals surface area contributed by atoms with Crippen LogP contribution in [0.5, 0.6) is 0 Å². The van der Waals surface area contributed by atoms with Gasteiger partial charge in [-0.15, -0.1) is 0 Å². The molecule has 1 fully saturated rings. The Morgan fingerprint density at radius 2 is 2.08 bits per heavy atom. The number of nitrogens with zero attached hydrogens (tertiary/aromatic N) is 1. The predicted molar refractivity (Wildman–Crippen MR) is 51.4 cm³/mol. The molecular weight excluding hydrogens is 236 g/mol. The Morgan fingerprint density at radius 1 is 1.38 bits per heavy atom. The Morgan fingerprint density at radius 3 is 2.62 bits per heavy atom. The molecule has 0 radical (unpaired) electrons. The van der Waals surface area contributed by atoms with Crippen LogP contribution >= 0.6 is 15.9 Å². The predicted octanol–water partition coefficient (Wildman–Crippen LogP) is 1.91. The zero-order valence-electron chi connectivity index (χ0n) is 7.12. The van der Waals surface area contributed by atoms with Crippen LogP contribution in [-0.4, -0.2) is 18.4 Å². The van der Waals surface area contributed by atoms with Crippen molar-refractivity contribution in [3.05, 3.63) is 10.2 Å². The Bertz CT molecular complexity index is 294. The lowest BCUT2D eigenvalue weighted by atomic mass is 9.98. The van der Waals surface area contributed by atoms with Crippen molar-refractivity contribution in [3.63, 3.8) is 0 Å². The summed E-state index contributed by atoms with van der Waals surface area (Å²) in [7, 11) is 0. The van der Waals surface area contributed by atoms with Crippen molar-refractivity contribution in [1.29, 1.82) is 0 Å². The SMILES string of the molecule is Nc1noc(C2CCOCC2)c1Br. The number of hydrogen-bond acceptors (Lipinski definition) is 4. The van der Waals surface area contributed by atoms with E-state index >= 15 is 0 Å². The molecule has 0 unspecified atom stereocenters. The number of rotatable bonds is 1. The Balaban J connectivity index is 2.18. The molecule has 4 nitrogen and oxygen atoms in total. The fourth-order valence-corrected chi connectivity index (χ4v) is 1.99. The molecule has 0 saturated carbocycles. The van der Waals surface area contributed by atoms with Crippen LogP contribution in [0, 0.1) is 0 Å². The monoisotopic (exact) mass is 246 g/mol. The second-order valence-electron chi connectivity index (χ2n) is 3.13. The van der Waals surface area contributed by atoms with E-state index in [4.69, 9.17) is 15.0 Å². The molecule has 0 atom stereocenters. The highest BCUT2D eigenvalue weighted by Gasteiger charge is 2.23. The molecule has 1 aliphatic rings. The van der Waals surface area contributed by atoms with E-state index in [1.165, 1.54) is 0 Å². The quantitative estimate of drug-likeness (QED) is 0.823. The summed E-state index contributed by atoms with van der Waals surface area (Å²) >= 11 is 3.36. The molecule has 2 rings (SSSR count). The molecule has 5 heteroatoms. The molecule has 1 saturated heterocycles. The highest BCUT2D eigenvalue weighted by Crippen LogP contribution is 2.34. The molecule has 0 bridgehead atoms. The van der Waals surface area contributed by atoms with Crippen LogP contribution in [-0.2, 0) is 4.74 Å². The first-order valence-electron chi connectivity index (χ1n) is 4.27. The van der Waals surface area contributed by atoms with Crippen LogP contribution in [0.15, 0.2) is 9.00 Å². The normalized spacial score (nSPS) is 19.2. The number of ether oxygens (including phenoxy) is 1. The maximum Gasteiger partial charge on any atom is 0.181 e. The second kappa shape index (κ2) is 3.67. The van der Waals surface area contributed by atoms with Gasteiger partial charge >= 0.3 is 0 Å². The van der Waals surface area contributed by atoms with Crippen molar-refractivity contribution >= 4 is 21.7 Å². The third-order valence-corrected chi connectivity index (χ3v) is 3.07. The number of nitrogen functional groups attached to an aromatic ring is 1. The van der Waals surface area contributed by atoms with Crippen LogP contribution in [0.25, 0.3) is 0 Å². The lowest BCUT2D eigenvalue weighted by Gasteiger charge is -2.19. The minimum atomic E-state index is 0.396. The Labute approximate surface area is 84.5 Å².